The van der Waals surface area contributed by atoms with Gasteiger partial charge in [0.05, 0.1) is 7.11 Å². The van der Waals surface area contributed by atoms with Gasteiger partial charge in [0.2, 0.25) is 0 Å². The monoisotopic (exact) mass is 378 g/mol. The van der Waals surface area contributed by atoms with Crippen LogP contribution in [-0.4, -0.2) is 18.2 Å². The number of phenols is 1. The molecule has 0 spiro atoms. The molecule has 132 valence electrons. The van der Waals surface area contributed by atoms with Crippen molar-refractivity contribution < 1.29 is 14.6 Å². The maximum absolute atomic E-state index is 11.2. The highest BCUT2D eigenvalue weighted by Gasteiger charge is 2.12. The molecule has 0 radical (unpaired) electrons. The smallest absolute Gasteiger partial charge is 0.330 e. The van der Waals surface area contributed by atoms with Crippen molar-refractivity contribution in [2.45, 2.75) is 26.2 Å². The molecule has 0 saturated heterocycles. The lowest BCUT2D eigenvalue weighted by Crippen LogP contribution is -1.96. The summed E-state index contributed by atoms with van der Waals surface area (Å²) in [6.07, 6.45) is 3.47. The van der Waals surface area contributed by atoms with Gasteiger partial charge in [0.1, 0.15) is 5.75 Å². The third kappa shape index (κ3) is 5.00. The summed E-state index contributed by atoms with van der Waals surface area (Å²) in [4.78, 5) is 11.2. The number of hydrogen-bond donors (Lipinski definition) is 1. The Hall–Kier alpha value is -1.97. The van der Waals surface area contributed by atoms with E-state index in [1.807, 2.05) is 26.0 Å². The van der Waals surface area contributed by atoms with Gasteiger partial charge < -0.3 is 9.84 Å². The number of halogens is 2. The second-order valence-corrected chi connectivity index (χ2v) is 6.86. The van der Waals surface area contributed by atoms with Crippen LogP contribution in [0, 0.1) is 0 Å². The Bertz CT molecular complexity index is 788. The molecule has 0 unspecified atom stereocenters. The van der Waals surface area contributed by atoms with E-state index in [1.54, 1.807) is 24.3 Å². The van der Waals surface area contributed by atoms with Gasteiger partial charge in [-0.1, -0.05) is 49.2 Å². The molecule has 2 rings (SSSR count). The molecule has 5 heteroatoms. The third-order valence-corrected chi connectivity index (χ3v) is 4.55. The van der Waals surface area contributed by atoms with Crippen molar-refractivity contribution in [1.29, 1.82) is 0 Å². The van der Waals surface area contributed by atoms with Gasteiger partial charge in [-0.3, -0.25) is 0 Å². The molecule has 0 aliphatic heterocycles. The molecule has 0 saturated carbocycles. The predicted molar refractivity (Wildman–Crippen MR) is 103 cm³/mol. The van der Waals surface area contributed by atoms with Crippen molar-refractivity contribution >= 4 is 35.2 Å². The van der Waals surface area contributed by atoms with E-state index in [9.17, 15) is 9.90 Å². The van der Waals surface area contributed by atoms with Crippen molar-refractivity contribution in [2.24, 2.45) is 0 Å². The van der Waals surface area contributed by atoms with Crippen LogP contribution in [0.5, 0.6) is 5.75 Å². The number of hydrogen-bond acceptors (Lipinski definition) is 3. The lowest BCUT2D eigenvalue weighted by Gasteiger charge is -2.13. The summed E-state index contributed by atoms with van der Waals surface area (Å²) in [6, 6.07) is 9.04. The van der Waals surface area contributed by atoms with E-state index in [0.717, 1.165) is 22.3 Å². The van der Waals surface area contributed by atoms with Crippen LogP contribution in [0.25, 0.3) is 6.08 Å². The zero-order chi connectivity index (χ0) is 18.6. The van der Waals surface area contributed by atoms with Crippen molar-refractivity contribution in [3.63, 3.8) is 0 Å². The minimum Gasteiger partial charge on any atom is -0.508 e. The Labute approximate surface area is 157 Å². The first-order chi connectivity index (χ1) is 11.8. The number of rotatable bonds is 5. The molecular weight excluding hydrogens is 359 g/mol. The molecular formula is C20H20Cl2O3. The number of ether oxygens (including phenoxy) is 1. The van der Waals surface area contributed by atoms with E-state index in [-0.39, 0.29) is 5.92 Å². The van der Waals surface area contributed by atoms with Crippen LogP contribution >= 0.6 is 23.2 Å². The van der Waals surface area contributed by atoms with Crippen molar-refractivity contribution in [3.05, 3.63) is 68.7 Å². The summed E-state index contributed by atoms with van der Waals surface area (Å²) in [7, 11) is 1.32. The van der Waals surface area contributed by atoms with E-state index in [1.165, 1.54) is 13.2 Å². The van der Waals surface area contributed by atoms with Crippen LogP contribution < -0.4 is 0 Å². The van der Waals surface area contributed by atoms with Gasteiger partial charge in [0.15, 0.2) is 0 Å². The molecule has 0 heterocycles. The largest absolute Gasteiger partial charge is 0.508 e. The van der Waals surface area contributed by atoms with E-state index in [4.69, 9.17) is 23.2 Å². The van der Waals surface area contributed by atoms with Gasteiger partial charge in [0.25, 0.3) is 0 Å². The Balaban J connectivity index is 2.30. The standard InChI is InChI=1S/C20H20Cl2O3/c1-12(2)15-8-13(4-6-19(15)23)9-16-17(21)10-14(11-18(16)22)5-7-20(24)25-3/h4-8,10-12,23H,9H2,1-3H3/b7-5+. The van der Waals surface area contributed by atoms with E-state index < -0.39 is 5.97 Å². The van der Waals surface area contributed by atoms with Crippen molar-refractivity contribution in [2.75, 3.05) is 7.11 Å². The van der Waals surface area contributed by atoms with Gasteiger partial charge in [-0.2, -0.15) is 0 Å². The number of carbonyl (C=O) groups is 1. The lowest BCUT2D eigenvalue weighted by molar-refractivity contribution is -0.134. The third-order valence-electron chi connectivity index (χ3n) is 3.87. The number of benzene rings is 2. The minimum atomic E-state index is -0.443. The van der Waals surface area contributed by atoms with Gasteiger partial charge in [0, 0.05) is 22.5 Å². The fraction of sp³-hybridized carbons (Fsp3) is 0.250. The average molecular weight is 379 g/mol. The molecule has 0 aliphatic rings. The van der Waals surface area contributed by atoms with Crippen LogP contribution in [-0.2, 0) is 16.0 Å². The Morgan fingerprint density at radius 2 is 1.84 bits per heavy atom. The number of aromatic hydroxyl groups is 1. The predicted octanol–water partition coefficient (Wildman–Crippen LogP) is 5.60. The zero-order valence-corrected chi connectivity index (χ0v) is 15.9. The van der Waals surface area contributed by atoms with Crippen LogP contribution in [0.15, 0.2) is 36.4 Å². The topological polar surface area (TPSA) is 46.5 Å². The number of carbonyl (C=O) groups excluding carboxylic acids is 1. The highest BCUT2D eigenvalue weighted by atomic mass is 35.5. The van der Waals surface area contributed by atoms with E-state index >= 15 is 0 Å². The highest BCUT2D eigenvalue weighted by Crippen LogP contribution is 2.32. The summed E-state index contributed by atoms with van der Waals surface area (Å²) in [5.41, 5.74) is 3.43. The van der Waals surface area contributed by atoms with Crippen molar-refractivity contribution in [1.82, 2.24) is 0 Å². The van der Waals surface area contributed by atoms with Gasteiger partial charge in [-0.15, -0.1) is 0 Å². The molecule has 3 nitrogen and oxygen atoms in total. The maximum Gasteiger partial charge on any atom is 0.330 e. The Kier molecular flexibility index (Phi) is 6.51. The SMILES string of the molecule is COC(=O)/C=C/c1cc(Cl)c(Cc2ccc(O)c(C(C)C)c2)c(Cl)c1. The molecule has 0 amide bonds. The first-order valence-electron chi connectivity index (χ1n) is 7.87. The van der Waals surface area contributed by atoms with Crippen LogP contribution in [0.1, 0.15) is 42.0 Å². The summed E-state index contributed by atoms with van der Waals surface area (Å²) in [5, 5.41) is 11.0. The zero-order valence-electron chi connectivity index (χ0n) is 14.3. The molecule has 0 aliphatic carbocycles. The first-order valence-corrected chi connectivity index (χ1v) is 8.63. The van der Waals surface area contributed by atoms with Crippen LogP contribution in [0.3, 0.4) is 0 Å². The molecule has 2 aromatic carbocycles. The quantitative estimate of drug-likeness (QED) is 0.543. The molecule has 0 fully saturated rings. The molecule has 0 atom stereocenters. The lowest BCUT2D eigenvalue weighted by atomic mass is 9.96. The molecule has 1 N–H and O–H groups in total. The fourth-order valence-corrected chi connectivity index (χ4v) is 3.14. The maximum atomic E-state index is 11.2. The fourth-order valence-electron chi connectivity index (χ4n) is 2.50. The van der Waals surface area contributed by atoms with E-state index in [0.29, 0.717) is 22.2 Å². The molecule has 0 aromatic heterocycles. The number of methoxy groups -OCH3 is 1. The van der Waals surface area contributed by atoms with Crippen LogP contribution in [0.2, 0.25) is 10.0 Å². The minimum absolute atomic E-state index is 0.219. The van der Waals surface area contributed by atoms with Crippen molar-refractivity contribution in [3.8, 4) is 5.75 Å². The number of phenolic OH excluding ortho intramolecular Hbond substituents is 1. The number of esters is 1. The second kappa shape index (κ2) is 8.41. The molecule has 2 aromatic rings. The first kappa shape index (κ1) is 19.4. The molecule has 0 bridgehead atoms. The Morgan fingerprint density at radius 3 is 2.40 bits per heavy atom. The van der Waals surface area contributed by atoms with Gasteiger partial charge >= 0.3 is 5.97 Å². The summed E-state index contributed by atoms with van der Waals surface area (Å²) >= 11 is 12.8. The molecule has 25 heavy (non-hydrogen) atoms. The van der Waals surface area contributed by atoms with E-state index in [2.05, 4.69) is 4.74 Å². The highest BCUT2D eigenvalue weighted by molar-refractivity contribution is 6.36. The summed E-state index contributed by atoms with van der Waals surface area (Å²) in [6.45, 7) is 4.06. The normalized spacial score (nSPS) is 11.3. The summed E-state index contributed by atoms with van der Waals surface area (Å²) < 4.78 is 4.56. The van der Waals surface area contributed by atoms with Gasteiger partial charge in [-0.25, -0.2) is 4.79 Å². The summed E-state index contributed by atoms with van der Waals surface area (Å²) in [5.74, 6) is 0.0672. The van der Waals surface area contributed by atoms with Gasteiger partial charge in [-0.05, 0) is 52.4 Å². The average Bonchev–Trinajstić information content (AvgIpc) is 2.57. The second-order valence-electron chi connectivity index (χ2n) is 6.04. The van der Waals surface area contributed by atoms with Crippen LogP contribution in [0.4, 0.5) is 0 Å². The Morgan fingerprint density at radius 1 is 1.20 bits per heavy atom.